The number of carboxylic acids is 1. The number of fused-ring (bicyclic) bond motifs is 2. The summed E-state index contributed by atoms with van der Waals surface area (Å²) in [6, 6.07) is 25.9. The molecule has 8 rings (SSSR count). The second-order valence-electron chi connectivity index (χ2n) is 21.5. The van der Waals surface area contributed by atoms with Crippen LogP contribution in [0.4, 0.5) is 0 Å². The van der Waals surface area contributed by atoms with Crippen molar-refractivity contribution >= 4 is 68.9 Å². The van der Waals surface area contributed by atoms with Crippen molar-refractivity contribution in [1.29, 1.82) is 0 Å². The first-order valence-corrected chi connectivity index (χ1v) is 28.2. The number of likely N-dealkylation sites (N-methyl/N-ethyl adjacent to an activating group) is 1. The molecule has 0 spiro atoms. The molecule has 1 saturated carbocycles. The zero-order valence-corrected chi connectivity index (χ0v) is 46.6. The third-order valence-corrected chi connectivity index (χ3v) is 15.5. The van der Waals surface area contributed by atoms with Crippen LogP contribution in [-0.2, 0) is 62.6 Å². The molecule has 1 aliphatic carbocycles. The largest absolute Gasteiger partial charge is 0.480 e. The number of carboxylic acid groups (broad SMARTS) is 1. The van der Waals surface area contributed by atoms with Crippen LogP contribution in [0.25, 0.3) is 21.5 Å². The molecule has 0 bridgehead atoms. The highest BCUT2D eigenvalue weighted by Crippen LogP contribution is 2.26. The van der Waals surface area contributed by atoms with E-state index in [0.29, 0.717) is 39.3 Å². The first-order valence-electron chi connectivity index (χ1n) is 28.2. The van der Waals surface area contributed by atoms with Crippen molar-refractivity contribution in [2.75, 3.05) is 59.4 Å². The Kier molecular flexibility index (Phi) is 22.7. The van der Waals surface area contributed by atoms with E-state index in [1.807, 2.05) is 86.3 Å². The van der Waals surface area contributed by atoms with Gasteiger partial charge >= 0.3 is 11.9 Å². The van der Waals surface area contributed by atoms with Crippen molar-refractivity contribution in [3.05, 3.63) is 114 Å². The maximum atomic E-state index is 13.4. The number of H-pyrrole nitrogens is 1. The number of primary amides is 1. The first kappa shape index (κ1) is 60.9. The fourth-order valence-corrected chi connectivity index (χ4v) is 11.3. The third kappa shape index (κ3) is 17.9. The van der Waals surface area contributed by atoms with Gasteiger partial charge in [-0.2, -0.15) is 0 Å². The van der Waals surface area contributed by atoms with Gasteiger partial charge in [0.25, 0.3) is 0 Å². The Balaban J connectivity index is 0.000000234. The molecule has 6 amide bonds. The number of hydrogen-bond acceptors (Lipinski definition) is 13. The SMILES string of the molecule is CC(=O)NC[C@H](NC(=O)CN(Cc1cccc2ccccc12)C[C@@H]1CCCN1C(=O)CN)C(=O)OC1CCCCC1.CN(C(=O)CN(Cc1cccc2ccccc12)C[C@@H]1CCCN1C(=O)Cc1cnc[nH]1)[C@@H](CCC(N)=O)C(=O)O. The Hall–Kier alpha value is -7.75. The predicted molar refractivity (Wildman–Crippen MR) is 305 cm³/mol. The van der Waals surface area contributed by atoms with Gasteiger partial charge in [-0.25, -0.2) is 14.6 Å². The highest BCUT2D eigenvalue weighted by molar-refractivity contribution is 5.89. The molecule has 21 heteroatoms. The lowest BCUT2D eigenvalue weighted by Crippen LogP contribution is -2.53. The fraction of sp³-hybridized carbons (Fsp3) is 0.483. The normalized spacial score (nSPS) is 17.1. The van der Waals surface area contributed by atoms with E-state index in [2.05, 4.69) is 38.8 Å². The molecule has 2 aliphatic heterocycles. The zero-order chi connectivity index (χ0) is 57.8. The van der Waals surface area contributed by atoms with E-state index in [1.165, 1.54) is 18.9 Å². The van der Waals surface area contributed by atoms with Gasteiger partial charge in [0.15, 0.2) is 0 Å². The molecular weight excluding hydrogens is 1030 g/mol. The quantitative estimate of drug-likeness (QED) is 0.0453. The highest BCUT2D eigenvalue weighted by Gasteiger charge is 2.35. The minimum absolute atomic E-state index is 0.00213. The standard InChI is InChI=1S/C31H43N5O5.C29H36N6O5/c1-22(37)33-18-28(31(40)41-26-13-3-2-4-14-26)34-29(38)21-35(20-25-12-8-16-36(25)30(39)17-32)19-24-11-7-10-23-9-5-6-15-27(23)24;1-33(25(29(39)40)11-12-26(30)36)28(38)18-34(16-21-8-4-7-20-6-2-3-10-24(20)21)17-23-9-5-13-35(23)27(37)14-22-15-31-19-32-22/h5-7,9-11,15,25-26,28H,2-4,8,12-14,16-21,32H2,1H3,(H,33,37)(H,34,38);2-4,6-8,10,15,19,23,25H,5,9,11-14,16-18H2,1H3,(H2,30,36)(H,31,32)(H,39,40)/t25-,28-;23-,25-/m00/s1. The van der Waals surface area contributed by atoms with Gasteiger partial charge in [-0.05, 0) is 90.5 Å². The van der Waals surface area contributed by atoms with Crippen LogP contribution in [0.15, 0.2) is 97.5 Å². The number of hydrogen-bond donors (Lipinski definition) is 6. The molecule has 8 N–H and O–H groups in total. The highest BCUT2D eigenvalue weighted by atomic mass is 16.5. The number of aromatic nitrogens is 2. The van der Waals surface area contributed by atoms with E-state index in [9.17, 15) is 43.5 Å². The molecule has 5 aromatic rings. The van der Waals surface area contributed by atoms with Gasteiger partial charge in [0, 0.05) is 90.2 Å². The van der Waals surface area contributed by atoms with Crippen molar-refractivity contribution in [1.82, 2.24) is 45.1 Å². The Morgan fingerprint density at radius 1 is 0.753 bits per heavy atom. The number of carbonyl (C=O) groups is 8. The number of rotatable bonds is 25. The molecule has 0 radical (unpaired) electrons. The molecule has 0 unspecified atom stereocenters. The average molecular weight is 1110 g/mol. The van der Waals surface area contributed by atoms with Crippen LogP contribution in [0.2, 0.25) is 0 Å². The minimum Gasteiger partial charge on any atom is -0.480 e. The first-order chi connectivity index (χ1) is 39.1. The smallest absolute Gasteiger partial charge is 0.330 e. The Labute approximate surface area is 473 Å². The summed E-state index contributed by atoms with van der Waals surface area (Å²) in [5, 5.41) is 19.5. The summed E-state index contributed by atoms with van der Waals surface area (Å²) in [6.07, 6.45) is 11.2. The van der Waals surface area contributed by atoms with Gasteiger partial charge in [0.05, 0.1) is 32.4 Å². The number of likely N-dealkylation sites (tertiary alicyclic amines) is 2. The summed E-state index contributed by atoms with van der Waals surface area (Å²) in [6.45, 7) is 4.41. The van der Waals surface area contributed by atoms with E-state index >= 15 is 0 Å². The second-order valence-corrected chi connectivity index (χ2v) is 21.5. The van der Waals surface area contributed by atoms with Crippen molar-refractivity contribution in [2.24, 2.45) is 11.5 Å². The molecule has 21 nitrogen and oxygen atoms in total. The van der Waals surface area contributed by atoms with Crippen molar-refractivity contribution < 1.29 is 48.2 Å². The van der Waals surface area contributed by atoms with Crippen LogP contribution in [0.3, 0.4) is 0 Å². The zero-order valence-electron chi connectivity index (χ0n) is 46.6. The van der Waals surface area contributed by atoms with E-state index < -0.39 is 29.9 Å². The van der Waals surface area contributed by atoms with Gasteiger partial charge in [0.1, 0.15) is 18.2 Å². The maximum Gasteiger partial charge on any atom is 0.330 e. The van der Waals surface area contributed by atoms with Gasteiger partial charge in [-0.1, -0.05) is 91.3 Å². The van der Waals surface area contributed by atoms with E-state index in [-0.39, 0.29) is 93.2 Å². The number of carbonyl (C=O) groups excluding carboxylic acids is 7. The summed E-state index contributed by atoms with van der Waals surface area (Å²) in [4.78, 5) is 116. The van der Waals surface area contributed by atoms with Gasteiger partial charge in [-0.3, -0.25) is 38.6 Å². The van der Waals surface area contributed by atoms with E-state index in [4.69, 9.17) is 16.2 Å². The monoisotopic (exact) mass is 1110 g/mol. The molecule has 3 fully saturated rings. The average Bonchev–Trinajstić information content (AvgIpc) is 4.26. The van der Waals surface area contributed by atoms with Crippen LogP contribution in [0.1, 0.15) is 94.4 Å². The molecular formula is C60H79N11O10. The van der Waals surface area contributed by atoms with E-state index in [0.717, 1.165) is 96.2 Å². The number of ether oxygens (including phenoxy) is 1. The molecule has 3 heterocycles. The van der Waals surface area contributed by atoms with E-state index in [1.54, 1.807) is 12.5 Å². The summed E-state index contributed by atoms with van der Waals surface area (Å²) >= 11 is 0. The molecule has 1 aromatic heterocycles. The number of nitrogens with zero attached hydrogens (tertiary/aromatic N) is 6. The van der Waals surface area contributed by atoms with Crippen molar-refractivity contribution in [2.45, 2.75) is 127 Å². The molecule has 4 aromatic carbocycles. The van der Waals surface area contributed by atoms with Gasteiger partial charge < -0.3 is 51.6 Å². The maximum absolute atomic E-state index is 13.4. The van der Waals surface area contributed by atoms with Crippen LogP contribution >= 0.6 is 0 Å². The Morgan fingerprint density at radius 3 is 1.86 bits per heavy atom. The molecule has 81 heavy (non-hydrogen) atoms. The molecule has 4 atom stereocenters. The number of amides is 6. The van der Waals surface area contributed by atoms with Crippen molar-refractivity contribution in [3.8, 4) is 0 Å². The third-order valence-electron chi connectivity index (χ3n) is 15.5. The molecule has 434 valence electrons. The summed E-state index contributed by atoms with van der Waals surface area (Å²) < 4.78 is 5.72. The van der Waals surface area contributed by atoms with Crippen LogP contribution < -0.4 is 22.1 Å². The lowest BCUT2D eigenvalue weighted by Gasteiger charge is -2.33. The van der Waals surface area contributed by atoms with Crippen LogP contribution in [0, 0.1) is 0 Å². The summed E-state index contributed by atoms with van der Waals surface area (Å²) in [5.41, 5.74) is 13.7. The number of esters is 1. The van der Waals surface area contributed by atoms with Crippen LogP contribution in [-0.4, -0.2) is 177 Å². The number of nitrogens with two attached hydrogens (primary N) is 2. The number of benzene rings is 4. The fourth-order valence-electron chi connectivity index (χ4n) is 11.3. The van der Waals surface area contributed by atoms with Gasteiger partial charge in [0.2, 0.25) is 35.4 Å². The topological polar surface area (TPSA) is 287 Å². The summed E-state index contributed by atoms with van der Waals surface area (Å²) in [5.74, 6) is -3.47. The van der Waals surface area contributed by atoms with Crippen LogP contribution in [0.5, 0.6) is 0 Å². The lowest BCUT2D eigenvalue weighted by molar-refractivity contribution is -0.154. The Morgan fingerprint density at radius 2 is 1.32 bits per heavy atom. The molecule has 2 saturated heterocycles. The molecule has 3 aliphatic rings. The number of aliphatic carboxylic acids is 1. The lowest BCUT2D eigenvalue weighted by atomic mass is 9.98. The van der Waals surface area contributed by atoms with Gasteiger partial charge in [-0.15, -0.1) is 0 Å². The number of imidazole rings is 1. The Bertz CT molecular complexity index is 2940. The second kappa shape index (κ2) is 30.2. The predicted octanol–water partition coefficient (Wildman–Crippen LogP) is 3.86. The number of aromatic amines is 1. The summed E-state index contributed by atoms with van der Waals surface area (Å²) in [7, 11) is 1.44. The number of nitrogens with one attached hydrogen (secondary N) is 3. The van der Waals surface area contributed by atoms with Crippen molar-refractivity contribution in [3.63, 3.8) is 0 Å². The minimum atomic E-state index is -1.19.